The van der Waals surface area contributed by atoms with Gasteiger partial charge in [0.1, 0.15) is 10.6 Å². The van der Waals surface area contributed by atoms with Crippen LogP contribution in [0.2, 0.25) is 0 Å². The Hall–Kier alpha value is -1.44. The molecule has 114 valence electrons. The smallest absolute Gasteiger partial charge is 0.223 e. The first-order chi connectivity index (χ1) is 10.2. The summed E-state index contributed by atoms with van der Waals surface area (Å²) in [4.78, 5) is 13.2. The summed E-state index contributed by atoms with van der Waals surface area (Å²) in [7, 11) is 0. The first-order valence-corrected chi connectivity index (χ1v) is 8.09. The molecule has 1 aliphatic rings. The average molecular weight is 307 g/mol. The molecule has 2 aromatic rings. The molecule has 1 fully saturated rings. The fraction of sp³-hybridized carbons (Fsp3) is 0.571. The maximum Gasteiger partial charge on any atom is 0.223 e. The average Bonchev–Trinajstić information content (AvgIpc) is 2.85. The maximum absolute atomic E-state index is 5.80. The summed E-state index contributed by atoms with van der Waals surface area (Å²) in [6.45, 7) is 8.80. The van der Waals surface area contributed by atoms with Gasteiger partial charge in [0.2, 0.25) is 5.95 Å². The van der Waals surface area contributed by atoms with Gasteiger partial charge in [0.05, 0.1) is 18.1 Å². The van der Waals surface area contributed by atoms with Crippen LogP contribution in [0.3, 0.4) is 0 Å². The third-order valence-corrected chi connectivity index (χ3v) is 4.64. The molecular formula is C14H21N5OS. The van der Waals surface area contributed by atoms with Crippen LogP contribution in [0, 0.1) is 6.92 Å². The number of thiophene rings is 1. The fourth-order valence-electron chi connectivity index (χ4n) is 2.59. The minimum Gasteiger partial charge on any atom is -0.374 e. The van der Waals surface area contributed by atoms with Crippen LogP contribution in [-0.2, 0) is 4.74 Å². The summed E-state index contributed by atoms with van der Waals surface area (Å²) >= 11 is 1.64. The van der Waals surface area contributed by atoms with Crippen molar-refractivity contribution in [2.24, 2.45) is 0 Å². The molecule has 3 N–H and O–H groups in total. The summed E-state index contributed by atoms with van der Waals surface area (Å²) in [5.41, 5.74) is 5.79. The molecule has 3 rings (SSSR count). The molecule has 0 radical (unpaired) electrons. The predicted molar refractivity (Wildman–Crippen MR) is 86.9 cm³/mol. The highest BCUT2D eigenvalue weighted by atomic mass is 32.1. The molecule has 21 heavy (non-hydrogen) atoms. The largest absolute Gasteiger partial charge is 0.374 e. The monoisotopic (exact) mass is 307 g/mol. The summed E-state index contributed by atoms with van der Waals surface area (Å²) in [5.74, 6) is 1.12. The van der Waals surface area contributed by atoms with Crippen LogP contribution in [0.5, 0.6) is 0 Å². The Morgan fingerprint density at radius 1 is 1.52 bits per heavy atom. The molecule has 0 aromatic carbocycles. The number of ether oxygens (including phenoxy) is 1. The Balaban J connectivity index is 1.73. The Morgan fingerprint density at radius 2 is 2.38 bits per heavy atom. The normalized spacial score (nSPS) is 20.0. The Labute approximate surface area is 128 Å². The van der Waals surface area contributed by atoms with E-state index in [1.54, 1.807) is 11.3 Å². The Kier molecular flexibility index (Phi) is 4.23. The van der Waals surface area contributed by atoms with Gasteiger partial charge >= 0.3 is 0 Å². The molecule has 7 heteroatoms. The molecule has 0 bridgehead atoms. The fourth-order valence-corrected chi connectivity index (χ4v) is 3.48. The van der Waals surface area contributed by atoms with Crippen LogP contribution < -0.4 is 11.1 Å². The van der Waals surface area contributed by atoms with Gasteiger partial charge in [0.15, 0.2) is 0 Å². The summed E-state index contributed by atoms with van der Waals surface area (Å²) in [5, 5.41) is 4.42. The van der Waals surface area contributed by atoms with Crippen molar-refractivity contribution in [3.63, 3.8) is 0 Å². The van der Waals surface area contributed by atoms with Crippen LogP contribution in [0.15, 0.2) is 6.07 Å². The second-order valence-corrected chi connectivity index (χ2v) is 6.51. The van der Waals surface area contributed by atoms with Crippen molar-refractivity contribution >= 4 is 33.3 Å². The molecular weight excluding hydrogens is 286 g/mol. The molecule has 2 aromatic heterocycles. The van der Waals surface area contributed by atoms with Gasteiger partial charge in [-0.1, -0.05) is 6.92 Å². The first kappa shape index (κ1) is 14.5. The van der Waals surface area contributed by atoms with Gasteiger partial charge < -0.3 is 15.8 Å². The van der Waals surface area contributed by atoms with E-state index < -0.39 is 0 Å². The number of likely N-dealkylation sites (N-methyl/N-ethyl adjacent to an activating group) is 1. The number of hydrogen-bond acceptors (Lipinski definition) is 7. The molecule has 1 atom stereocenters. The zero-order chi connectivity index (χ0) is 14.8. The van der Waals surface area contributed by atoms with Crippen LogP contribution >= 0.6 is 11.3 Å². The molecule has 0 amide bonds. The van der Waals surface area contributed by atoms with Crippen molar-refractivity contribution in [1.29, 1.82) is 0 Å². The number of aromatic nitrogens is 2. The molecule has 6 nitrogen and oxygen atoms in total. The predicted octanol–water partition coefficient (Wildman–Crippen LogP) is 1.71. The lowest BCUT2D eigenvalue weighted by Gasteiger charge is -2.32. The third kappa shape index (κ3) is 3.25. The topological polar surface area (TPSA) is 76.3 Å². The molecule has 1 unspecified atom stereocenters. The van der Waals surface area contributed by atoms with Crippen LogP contribution in [0.25, 0.3) is 10.2 Å². The van der Waals surface area contributed by atoms with E-state index in [4.69, 9.17) is 10.5 Å². The van der Waals surface area contributed by atoms with E-state index in [0.29, 0.717) is 5.95 Å². The lowest BCUT2D eigenvalue weighted by Crippen LogP contribution is -2.45. The van der Waals surface area contributed by atoms with Gasteiger partial charge in [-0.05, 0) is 19.5 Å². The molecule has 1 saturated heterocycles. The number of fused-ring (bicyclic) bond motifs is 1. The van der Waals surface area contributed by atoms with E-state index in [1.165, 1.54) is 4.88 Å². The zero-order valence-electron chi connectivity index (χ0n) is 12.4. The highest BCUT2D eigenvalue weighted by Crippen LogP contribution is 2.29. The van der Waals surface area contributed by atoms with Crippen LogP contribution in [0.4, 0.5) is 11.8 Å². The molecule has 0 saturated carbocycles. The molecule has 0 spiro atoms. The number of nitrogens with two attached hydrogens (primary N) is 1. The van der Waals surface area contributed by atoms with Crippen molar-refractivity contribution < 1.29 is 4.74 Å². The number of anilines is 2. The van der Waals surface area contributed by atoms with E-state index in [-0.39, 0.29) is 6.10 Å². The number of rotatable bonds is 4. The molecule has 0 aliphatic carbocycles. The number of nitrogen functional groups attached to an aromatic ring is 1. The second kappa shape index (κ2) is 6.13. The highest BCUT2D eigenvalue weighted by Gasteiger charge is 2.19. The van der Waals surface area contributed by atoms with Crippen molar-refractivity contribution in [1.82, 2.24) is 14.9 Å². The molecule has 1 aliphatic heterocycles. The van der Waals surface area contributed by atoms with E-state index in [0.717, 1.165) is 48.8 Å². The number of nitrogens with one attached hydrogen (secondary N) is 1. The number of hydrogen-bond donors (Lipinski definition) is 2. The van der Waals surface area contributed by atoms with Gasteiger partial charge in [0.25, 0.3) is 0 Å². The van der Waals surface area contributed by atoms with E-state index >= 15 is 0 Å². The first-order valence-electron chi connectivity index (χ1n) is 7.27. The maximum atomic E-state index is 5.80. The summed E-state index contributed by atoms with van der Waals surface area (Å²) in [6.07, 6.45) is 0.185. The number of morpholine rings is 1. The van der Waals surface area contributed by atoms with E-state index in [2.05, 4.69) is 40.1 Å². The van der Waals surface area contributed by atoms with Gasteiger partial charge in [-0.3, -0.25) is 4.90 Å². The Bertz CT molecular complexity index is 629. The lowest BCUT2D eigenvalue weighted by atomic mass is 10.2. The number of aryl methyl sites for hydroxylation is 1. The highest BCUT2D eigenvalue weighted by molar-refractivity contribution is 7.18. The van der Waals surface area contributed by atoms with Crippen molar-refractivity contribution in [2.75, 3.05) is 43.8 Å². The second-order valence-electron chi connectivity index (χ2n) is 5.27. The zero-order valence-corrected chi connectivity index (χ0v) is 13.2. The van der Waals surface area contributed by atoms with Crippen LogP contribution in [0.1, 0.15) is 11.8 Å². The minimum absolute atomic E-state index is 0.185. The lowest BCUT2D eigenvalue weighted by molar-refractivity contribution is -0.0192. The van der Waals surface area contributed by atoms with Crippen LogP contribution in [-0.4, -0.2) is 53.8 Å². The van der Waals surface area contributed by atoms with Crippen molar-refractivity contribution in [3.05, 3.63) is 10.9 Å². The van der Waals surface area contributed by atoms with Crippen molar-refractivity contribution in [3.8, 4) is 0 Å². The summed E-state index contributed by atoms with van der Waals surface area (Å²) in [6, 6.07) is 2.10. The van der Waals surface area contributed by atoms with Gasteiger partial charge in [-0.25, -0.2) is 4.98 Å². The number of nitrogens with zero attached hydrogens (tertiary/aromatic N) is 3. The van der Waals surface area contributed by atoms with E-state index in [1.807, 2.05) is 0 Å². The molecule has 3 heterocycles. The minimum atomic E-state index is 0.185. The van der Waals surface area contributed by atoms with Gasteiger partial charge in [-0.2, -0.15) is 4.98 Å². The van der Waals surface area contributed by atoms with Crippen molar-refractivity contribution in [2.45, 2.75) is 20.0 Å². The third-order valence-electron chi connectivity index (χ3n) is 3.70. The Morgan fingerprint density at radius 3 is 3.19 bits per heavy atom. The van der Waals surface area contributed by atoms with Gasteiger partial charge in [0, 0.05) is 24.5 Å². The SMILES string of the molecule is CCN1CCOC(CNc2nc(N)nc3sc(C)cc23)C1. The summed E-state index contributed by atoms with van der Waals surface area (Å²) < 4.78 is 5.80. The quantitative estimate of drug-likeness (QED) is 0.895. The van der Waals surface area contributed by atoms with Gasteiger partial charge in [-0.15, -0.1) is 11.3 Å². The van der Waals surface area contributed by atoms with E-state index in [9.17, 15) is 0 Å². The standard InChI is InChI=1S/C14H21N5OS/c1-3-19-4-5-20-10(8-19)7-16-12-11-6-9(2)21-13(11)18-14(15)17-12/h6,10H,3-5,7-8H2,1-2H3,(H3,15,16,17,18).